The van der Waals surface area contributed by atoms with Crippen molar-refractivity contribution in [1.29, 1.82) is 0 Å². The van der Waals surface area contributed by atoms with E-state index in [1.165, 1.54) is 16.7 Å². The summed E-state index contributed by atoms with van der Waals surface area (Å²) in [5, 5.41) is 2.41. The molecule has 2 aromatic carbocycles. The van der Waals surface area contributed by atoms with Crippen LogP contribution >= 0.6 is 11.6 Å². The molecule has 0 aliphatic rings. The van der Waals surface area contributed by atoms with Crippen LogP contribution in [0, 0.1) is 5.41 Å². The zero-order valence-corrected chi connectivity index (χ0v) is 22.1. The molecule has 1 heterocycles. The Labute approximate surface area is 225 Å². The van der Waals surface area contributed by atoms with Crippen LogP contribution in [-0.4, -0.2) is 22.7 Å². The number of nitrogens with zero attached hydrogens (tertiary/aromatic N) is 1. The van der Waals surface area contributed by atoms with Gasteiger partial charge < -0.3 is 20.4 Å². The first kappa shape index (κ1) is 30.1. The number of ether oxygens (including phenoxy) is 1. The van der Waals surface area contributed by atoms with E-state index in [1.807, 2.05) is 5.32 Å². The molecule has 3 aromatic rings. The Kier molecular flexibility index (Phi) is 8.21. The molecule has 13 heteroatoms. The van der Waals surface area contributed by atoms with Crippen LogP contribution in [0.4, 0.5) is 31.1 Å². The first-order chi connectivity index (χ1) is 17.8. The zero-order chi connectivity index (χ0) is 29.5. The largest absolute Gasteiger partial charge is 0.441 e. The predicted octanol–water partition coefficient (Wildman–Crippen LogP) is 7.55. The Morgan fingerprint density at radius 2 is 1.69 bits per heavy atom. The van der Waals surface area contributed by atoms with E-state index < -0.39 is 53.0 Å². The number of hydrogen-bond donors (Lipinski definition) is 2. The number of rotatable bonds is 6. The molecule has 1 aromatic heterocycles. The zero-order valence-electron chi connectivity index (χ0n) is 21.3. The van der Waals surface area contributed by atoms with Gasteiger partial charge in [0.25, 0.3) is 5.91 Å². The summed E-state index contributed by atoms with van der Waals surface area (Å²) < 4.78 is 87.9. The molecule has 3 rings (SSSR count). The number of fused-ring (bicyclic) bond motifs is 1. The molecule has 2 unspecified atom stereocenters. The molecule has 39 heavy (non-hydrogen) atoms. The van der Waals surface area contributed by atoms with Gasteiger partial charge in [0, 0.05) is 27.9 Å². The van der Waals surface area contributed by atoms with E-state index in [1.54, 1.807) is 33.8 Å². The molecule has 0 saturated heterocycles. The number of alkyl halides is 6. The van der Waals surface area contributed by atoms with Crippen LogP contribution in [-0.2, 0) is 17.5 Å². The highest BCUT2D eigenvalue weighted by Crippen LogP contribution is 2.42. The number of halogens is 7. The van der Waals surface area contributed by atoms with Gasteiger partial charge in [0.05, 0.1) is 11.1 Å². The van der Waals surface area contributed by atoms with Gasteiger partial charge in [0.2, 0.25) is 0 Å². The van der Waals surface area contributed by atoms with E-state index in [0.717, 1.165) is 12.1 Å². The maximum atomic E-state index is 13.9. The first-order valence-corrected chi connectivity index (χ1v) is 12.1. The number of hydrogen-bond acceptors (Lipinski definition) is 3. The van der Waals surface area contributed by atoms with Gasteiger partial charge in [-0.2, -0.15) is 26.3 Å². The second-order valence-corrected chi connectivity index (χ2v) is 10.4. The fourth-order valence-corrected chi connectivity index (χ4v) is 4.56. The van der Waals surface area contributed by atoms with Crippen molar-refractivity contribution >= 4 is 34.5 Å². The Hall–Kier alpha value is -3.41. The molecule has 0 spiro atoms. The lowest BCUT2D eigenvalue weighted by molar-refractivity contribution is -0.156. The number of nitrogens with one attached hydrogen (secondary N) is 1. The van der Waals surface area contributed by atoms with Crippen molar-refractivity contribution in [3.05, 3.63) is 69.9 Å². The van der Waals surface area contributed by atoms with E-state index >= 15 is 0 Å². The molecule has 0 saturated carbocycles. The van der Waals surface area contributed by atoms with E-state index in [4.69, 9.17) is 22.1 Å². The lowest BCUT2D eigenvalue weighted by Crippen LogP contribution is -2.39. The molecular formula is C26H26ClF6N3O3. The van der Waals surface area contributed by atoms with Crippen molar-refractivity contribution in [1.82, 2.24) is 9.88 Å². The third-order valence-corrected chi connectivity index (χ3v) is 6.35. The molecule has 0 bridgehead atoms. The SMILES string of the molecule is CCn1c(C(=O)NC(c2cccc(C(F)(F)F)c2)C(F)(F)F)cc2cc(C(OC(N)=O)C(C)(C)C)c(Cl)cc21. The number of carbonyl (C=O) groups is 2. The fraction of sp³-hybridized carbons (Fsp3) is 0.385. The topological polar surface area (TPSA) is 86.3 Å². The normalized spacial score (nSPS) is 14.2. The monoisotopic (exact) mass is 577 g/mol. The van der Waals surface area contributed by atoms with Crippen molar-refractivity contribution in [2.75, 3.05) is 0 Å². The van der Waals surface area contributed by atoms with Crippen LogP contribution in [0.3, 0.4) is 0 Å². The summed E-state index contributed by atoms with van der Waals surface area (Å²) in [6.45, 7) is 7.15. The third-order valence-electron chi connectivity index (χ3n) is 6.02. The number of benzene rings is 2. The molecule has 0 aliphatic carbocycles. The first-order valence-electron chi connectivity index (χ1n) is 11.7. The van der Waals surface area contributed by atoms with Crippen LogP contribution in [0.1, 0.15) is 67.0 Å². The van der Waals surface area contributed by atoms with Gasteiger partial charge in [-0.05, 0) is 42.8 Å². The molecule has 3 N–H and O–H groups in total. The van der Waals surface area contributed by atoms with E-state index in [2.05, 4.69) is 0 Å². The highest BCUT2D eigenvalue weighted by Gasteiger charge is 2.43. The maximum absolute atomic E-state index is 13.9. The second kappa shape index (κ2) is 10.6. The summed E-state index contributed by atoms with van der Waals surface area (Å²) >= 11 is 6.49. The number of aromatic nitrogens is 1. The highest BCUT2D eigenvalue weighted by molar-refractivity contribution is 6.32. The number of primary amides is 1. The Balaban J connectivity index is 2.08. The minimum absolute atomic E-state index is 0.155. The summed E-state index contributed by atoms with van der Waals surface area (Å²) in [6, 6.07) is 4.36. The summed E-state index contributed by atoms with van der Waals surface area (Å²) in [4.78, 5) is 24.7. The van der Waals surface area contributed by atoms with Crippen LogP contribution in [0.15, 0.2) is 42.5 Å². The maximum Gasteiger partial charge on any atom is 0.416 e. The minimum Gasteiger partial charge on any atom is -0.441 e. The molecule has 6 nitrogen and oxygen atoms in total. The number of nitrogens with two attached hydrogens (primary N) is 1. The second-order valence-electron chi connectivity index (χ2n) is 9.96. The lowest BCUT2D eigenvalue weighted by Gasteiger charge is -2.30. The molecule has 2 atom stereocenters. The molecule has 2 amide bonds. The van der Waals surface area contributed by atoms with Crippen molar-refractivity contribution in [2.45, 2.75) is 58.7 Å². The van der Waals surface area contributed by atoms with Crippen molar-refractivity contribution in [2.24, 2.45) is 11.1 Å². The fourth-order valence-electron chi connectivity index (χ4n) is 4.31. The van der Waals surface area contributed by atoms with Gasteiger partial charge in [-0.3, -0.25) is 4.79 Å². The summed E-state index contributed by atoms with van der Waals surface area (Å²) in [5.41, 5.74) is 3.13. The Bertz CT molecular complexity index is 1390. The van der Waals surface area contributed by atoms with Crippen LogP contribution < -0.4 is 11.1 Å². The van der Waals surface area contributed by atoms with Gasteiger partial charge >= 0.3 is 18.4 Å². The number of aryl methyl sites for hydroxylation is 1. The van der Waals surface area contributed by atoms with Gasteiger partial charge in [-0.15, -0.1) is 0 Å². The Morgan fingerprint density at radius 3 is 2.21 bits per heavy atom. The molecule has 0 aliphatic heterocycles. The molecular weight excluding hydrogens is 552 g/mol. The van der Waals surface area contributed by atoms with Crippen LogP contribution in [0.2, 0.25) is 5.02 Å². The van der Waals surface area contributed by atoms with E-state index in [9.17, 15) is 35.9 Å². The van der Waals surface area contributed by atoms with Crippen LogP contribution in [0.5, 0.6) is 0 Å². The van der Waals surface area contributed by atoms with Crippen molar-refractivity contribution in [3.63, 3.8) is 0 Å². The highest BCUT2D eigenvalue weighted by atomic mass is 35.5. The van der Waals surface area contributed by atoms with Crippen molar-refractivity contribution in [3.8, 4) is 0 Å². The van der Waals surface area contributed by atoms with Crippen LogP contribution in [0.25, 0.3) is 10.9 Å². The van der Waals surface area contributed by atoms with Gasteiger partial charge in [-0.25, -0.2) is 4.79 Å². The predicted molar refractivity (Wildman–Crippen MR) is 133 cm³/mol. The quantitative estimate of drug-likeness (QED) is 0.297. The smallest absolute Gasteiger partial charge is 0.416 e. The summed E-state index contributed by atoms with van der Waals surface area (Å²) in [7, 11) is 0. The molecule has 0 radical (unpaired) electrons. The number of amides is 2. The third kappa shape index (κ3) is 6.60. The average molecular weight is 578 g/mol. The van der Waals surface area contributed by atoms with Crippen molar-refractivity contribution < 1.29 is 40.7 Å². The average Bonchev–Trinajstić information content (AvgIpc) is 3.15. The standard InChI is InChI=1S/C26H26ClF6N3O3/c1-5-36-18-12-17(27)16(21(24(2,3)4)39-23(34)38)10-14(18)11-19(36)22(37)35-20(26(31,32)33)13-7-6-8-15(9-13)25(28,29)30/h6-12,20-21H,5H2,1-4H3,(H2,34,38)(H,35,37). The lowest BCUT2D eigenvalue weighted by atomic mass is 9.84. The summed E-state index contributed by atoms with van der Waals surface area (Å²) in [5.74, 6) is -1.16. The number of carbonyl (C=O) groups excluding carboxylic acids is 2. The van der Waals surface area contributed by atoms with Gasteiger partial charge in [0.15, 0.2) is 6.04 Å². The van der Waals surface area contributed by atoms with E-state index in [0.29, 0.717) is 28.6 Å². The molecule has 212 valence electrons. The van der Waals surface area contributed by atoms with Gasteiger partial charge in [0.1, 0.15) is 11.8 Å². The molecule has 0 fully saturated rings. The Morgan fingerprint density at radius 1 is 1.05 bits per heavy atom. The minimum atomic E-state index is -5.09. The van der Waals surface area contributed by atoms with Gasteiger partial charge in [-0.1, -0.05) is 44.5 Å². The van der Waals surface area contributed by atoms with E-state index in [-0.39, 0.29) is 17.3 Å². The summed E-state index contributed by atoms with van der Waals surface area (Å²) in [6.07, 6.45) is -11.9.